The van der Waals surface area contributed by atoms with Gasteiger partial charge < -0.3 is 20.5 Å². The number of nitrogens with one attached hydrogen (secondary N) is 2. The van der Waals surface area contributed by atoms with E-state index in [9.17, 15) is 49.4 Å². The van der Waals surface area contributed by atoms with Gasteiger partial charge in [0, 0.05) is 22.4 Å². The molecule has 1 aromatic carbocycles. The molecule has 2 rings (SSSR count). The van der Waals surface area contributed by atoms with Gasteiger partial charge in [-0.25, -0.2) is 4.79 Å². The number of aliphatic hydroxyl groups is 1. The van der Waals surface area contributed by atoms with E-state index in [0.717, 1.165) is 0 Å². The summed E-state index contributed by atoms with van der Waals surface area (Å²) < 4.78 is 116. The molecule has 0 amide bonds. The van der Waals surface area contributed by atoms with Crippen LogP contribution in [0.1, 0.15) is 44.5 Å². The maximum absolute atomic E-state index is 13.1. The minimum atomic E-state index is -5.12. The molecule has 1 aromatic heterocycles. The third-order valence-corrected chi connectivity index (χ3v) is 5.33. The Labute approximate surface area is 186 Å². The summed E-state index contributed by atoms with van der Waals surface area (Å²) in [5.41, 5.74) is -6.81. The van der Waals surface area contributed by atoms with Gasteiger partial charge >= 0.3 is 24.5 Å². The molecule has 1 atom stereocenters. The molecule has 2 aromatic rings. The molecule has 0 saturated heterocycles. The van der Waals surface area contributed by atoms with E-state index >= 15 is 0 Å². The van der Waals surface area contributed by atoms with Gasteiger partial charge in [0.15, 0.2) is 0 Å². The van der Waals surface area contributed by atoms with Crippen molar-refractivity contribution in [3.05, 3.63) is 55.4 Å². The van der Waals surface area contributed by atoms with Crippen molar-refractivity contribution in [1.82, 2.24) is 10.3 Å². The fourth-order valence-electron chi connectivity index (χ4n) is 2.70. The molecule has 0 bridgehead atoms. The summed E-state index contributed by atoms with van der Waals surface area (Å²) in [6.45, 7) is -1.13. The third kappa shape index (κ3) is 6.06. The molecule has 1 unspecified atom stereocenters. The van der Waals surface area contributed by atoms with E-state index in [1.54, 1.807) is 0 Å². The van der Waals surface area contributed by atoms with Crippen LogP contribution in [0.25, 0.3) is 0 Å². The highest BCUT2D eigenvalue weighted by Crippen LogP contribution is 2.38. The highest BCUT2D eigenvalue weighted by atomic mass is 127. The first-order chi connectivity index (χ1) is 14.4. The molecule has 0 fully saturated rings. The Kier molecular flexibility index (Phi) is 7.45. The van der Waals surface area contributed by atoms with E-state index in [0.29, 0.717) is 12.1 Å². The van der Waals surface area contributed by atoms with Crippen LogP contribution in [0.5, 0.6) is 0 Å². The van der Waals surface area contributed by atoms with Gasteiger partial charge in [-0.1, -0.05) is 0 Å². The first-order valence-corrected chi connectivity index (χ1v) is 9.39. The van der Waals surface area contributed by atoms with Crippen molar-refractivity contribution in [3.8, 4) is 0 Å². The van der Waals surface area contributed by atoms with E-state index in [2.05, 4.69) is 10.3 Å². The fourth-order valence-corrected chi connectivity index (χ4v) is 3.60. The minimum Gasteiger partial charge on any atom is -0.477 e. The van der Waals surface area contributed by atoms with Gasteiger partial charge in [-0.3, -0.25) is 0 Å². The Balaban J connectivity index is 2.24. The average molecular weight is 590 g/mol. The number of halogens is 10. The zero-order chi connectivity index (χ0) is 24.6. The summed E-state index contributed by atoms with van der Waals surface area (Å²) in [7, 11) is 0. The molecule has 0 aliphatic carbocycles. The van der Waals surface area contributed by atoms with Crippen LogP contribution in [-0.2, 0) is 25.1 Å². The first kappa shape index (κ1) is 26.2. The topological polar surface area (TPSA) is 85.3 Å². The molecule has 0 aliphatic heterocycles. The number of H-pyrrole nitrogens is 1. The van der Waals surface area contributed by atoms with Crippen molar-refractivity contribution in [1.29, 1.82) is 0 Å². The number of rotatable bonds is 6. The highest BCUT2D eigenvalue weighted by Gasteiger charge is 2.41. The second-order valence-corrected chi connectivity index (χ2v) is 7.54. The summed E-state index contributed by atoms with van der Waals surface area (Å²) in [6, 6.07) is 0.533. The van der Waals surface area contributed by atoms with Crippen molar-refractivity contribution < 1.29 is 54.5 Å². The van der Waals surface area contributed by atoms with E-state index in [1.807, 2.05) is 0 Å². The fraction of sp³-hybridized carbons (Fsp3) is 0.353. The molecule has 0 saturated carbocycles. The van der Waals surface area contributed by atoms with Crippen molar-refractivity contribution in [2.75, 3.05) is 6.54 Å². The number of benzene rings is 1. The predicted molar refractivity (Wildman–Crippen MR) is 98.6 cm³/mol. The summed E-state index contributed by atoms with van der Waals surface area (Å²) in [4.78, 5) is 13.1. The number of alkyl halides is 9. The average Bonchev–Trinajstić information content (AvgIpc) is 2.97. The van der Waals surface area contributed by atoms with Crippen molar-refractivity contribution in [3.63, 3.8) is 0 Å². The minimum absolute atomic E-state index is 0.114. The lowest BCUT2D eigenvalue weighted by Crippen LogP contribution is -2.23. The lowest BCUT2D eigenvalue weighted by Gasteiger charge is -2.17. The lowest BCUT2D eigenvalue weighted by molar-refractivity contribution is -0.143. The number of hydrogen-bond acceptors (Lipinski definition) is 3. The molecular formula is C17H12F9IN2O3. The van der Waals surface area contributed by atoms with Crippen molar-refractivity contribution >= 4 is 28.6 Å². The number of hydrogen-bond donors (Lipinski definition) is 4. The highest BCUT2D eigenvalue weighted by molar-refractivity contribution is 14.1. The number of carbonyl (C=O) groups is 1. The Hall–Kier alpha value is -2.01. The monoisotopic (exact) mass is 590 g/mol. The van der Waals surface area contributed by atoms with Crippen LogP contribution in [0.3, 0.4) is 0 Å². The Morgan fingerprint density at radius 1 is 0.969 bits per heavy atom. The Bertz CT molecular complexity index is 965. The number of aliphatic hydroxyl groups excluding tert-OH is 1. The van der Waals surface area contributed by atoms with Gasteiger partial charge in [-0.15, -0.1) is 0 Å². The molecule has 178 valence electrons. The molecule has 0 aliphatic rings. The van der Waals surface area contributed by atoms with Crippen LogP contribution in [0.15, 0.2) is 18.2 Å². The first-order valence-electron chi connectivity index (χ1n) is 8.32. The predicted octanol–water partition coefficient (Wildman–Crippen LogP) is 5.20. The quantitative estimate of drug-likeness (QED) is 0.276. The standard InChI is InChI=1S/C17H12F9IN2O3/c18-15(19,20)7-1-6(2-8(3-7)16(21,22)23)10(30)5-28-4-9-12(27)11(17(24,25)26)13(29-9)14(31)32/h1-3,10,28-30H,4-5H2,(H,31,32). The van der Waals surface area contributed by atoms with E-state index in [-0.39, 0.29) is 11.8 Å². The molecule has 5 nitrogen and oxygen atoms in total. The summed E-state index contributed by atoms with van der Waals surface area (Å²) >= 11 is 1.25. The number of carboxylic acid groups (broad SMARTS) is 1. The molecule has 4 N–H and O–H groups in total. The Morgan fingerprint density at radius 3 is 1.84 bits per heavy atom. The van der Waals surface area contributed by atoms with E-state index in [1.165, 1.54) is 22.6 Å². The molecule has 0 spiro atoms. The molecular weight excluding hydrogens is 578 g/mol. The van der Waals surface area contributed by atoms with Crippen LogP contribution in [0, 0.1) is 3.57 Å². The van der Waals surface area contributed by atoms with Crippen LogP contribution < -0.4 is 5.32 Å². The number of aromatic carboxylic acids is 1. The molecule has 15 heteroatoms. The number of aromatic amines is 1. The normalized spacial score (nSPS) is 14.0. The summed E-state index contributed by atoms with van der Waals surface area (Å²) in [5.74, 6) is -1.88. The van der Waals surface area contributed by atoms with Gasteiger partial charge in [0.25, 0.3) is 0 Å². The zero-order valence-electron chi connectivity index (χ0n) is 15.3. The second-order valence-electron chi connectivity index (χ2n) is 6.46. The maximum Gasteiger partial charge on any atom is 0.419 e. The van der Waals surface area contributed by atoms with Crippen LogP contribution in [0.4, 0.5) is 39.5 Å². The Morgan fingerprint density at radius 2 is 1.47 bits per heavy atom. The van der Waals surface area contributed by atoms with E-state index in [4.69, 9.17) is 5.11 Å². The molecule has 0 radical (unpaired) electrons. The number of aromatic nitrogens is 1. The second kappa shape index (κ2) is 9.09. The van der Waals surface area contributed by atoms with Crippen LogP contribution in [0.2, 0.25) is 0 Å². The summed E-state index contributed by atoms with van der Waals surface area (Å²) in [5, 5.41) is 21.4. The largest absolute Gasteiger partial charge is 0.477 e. The van der Waals surface area contributed by atoms with Gasteiger partial charge in [0.1, 0.15) is 11.3 Å². The van der Waals surface area contributed by atoms with Crippen LogP contribution in [-0.4, -0.2) is 27.7 Å². The van der Waals surface area contributed by atoms with Crippen molar-refractivity contribution in [2.24, 2.45) is 0 Å². The van der Waals surface area contributed by atoms with Gasteiger partial charge in [-0.05, 0) is 46.4 Å². The smallest absolute Gasteiger partial charge is 0.419 e. The molecule has 1 heterocycles. The summed E-state index contributed by atoms with van der Waals surface area (Å²) in [6.07, 6.45) is -17.1. The van der Waals surface area contributed by atoms with Gasteiger partial charge in [-0.2, -0.15) is 39.5 Å². The van der Waals surface area contributed by atoms with Crippen LogP contribution >= 0.6 is 22.6 Å². The number of carboxylic acids is 1. The van der Waals surface area contributed by atoms with Gasteiger partial charge in [0.2, 0.25) is 0 Å². The lowest BCUT2D eigenvalue weighted by atomic mass is 10.0. The maximum atomic E-state index is 13.1. The van der Waals surface area contributed by atoms with Crippen molar-refractivity contribution in [2.45, 2.75) is 31.2 Å². The zero-order valence-corrected chi connectivity index (χ0v) is 17.5. The third-order valence-electron chi connectivity index (χ3n) is 4.14. The van der Waals surface area contributed by atoms with E-state index < -0.39 is 75.2 Å². The SMILES string of the molecule is O=C(O)c1[nH]c(CNCC(O)c2cc(C(F)(F)F)cc(C(F)(F)F)c2)c(I)c1C(F)(F)F. The molecule has 32 heavy (non-hydrogen) atoms. The van der Waals surface area contributed by atoms with Gasteiger partial charge in [0.05, 0.1) is 17.2 Å².